The Kier molecular flexibility index (Phi) is 5.46. The molecule has 2 aromatic heterocycles. The molecule has 1 N–H and O–H groups in total. The zero-order valence-electron chi connectivity index (χ0n) is 17.9. The summed E-state index contributed by atoms with van der Waals surface area (Å²) in [6.45, 7) is -0.338. The third-order valence-electron chi connectivity index (χ3n) is 5.43. The predicted octanol–water partition coefficient (Wildman–Crippen LogP) is 4.15. The minimum atomic E-state index is -0.692. The zero-order valence-corrected chi connectivity index (χ0v) is 18.8. The van der Waals surface area contributed by atoms with Crippen molar-refractivity contribution in [2.45, 2.75) is 6.54 Å². The first-order valence-corrected chi connectivity index (χ1v) is 11.2. The summed E-state index contributed by atoms with van der Waals surface area (Å²) < 4.78 is 22.2. The Labute approximate surface area is 196 Å². The molecule has 9 heteroatoms. The van der Waals surface area contributed by atoms with E-state index in [1.54, 1.807) is 24.3 Å². The van der Waals surface area contributed by atoms with Crippen LogP contribution in [-0.4, -0.2) is 22.2 Å². The summed E-state index contributed by atoms with van der Waals surface area (Å²) in [5, 5.41) is 3.47. The van der Waals surface area contributed by atoms with Crippen LogP contribution in [0.1, 0.15) is 0 Å². The average Bonchev–Trinajstić information content (AvgIpc) is 3.23. The normalized spacial score (nSPS) is 11.1. The number of rotatable bonds is 5. The molecule has 2 heterocycles. The topological polar surface area (TPSA) is 82.3 Å². The second-order valence-electron chi connectivity index (χ2n) is 7.51. The van der Waals surface area contributed by atoms with Crippen LogP contribution >= 0.6 is 11.3 Å². The summed E-state index contributed by atoms with van der Waals surface area (Å²) in [4.78, 5) is 40.0. The van der Waals surface area contributed by atoms with E-state index in [-0.39, 0.29) is 12.2 Å². The van der Waals surface area contributed by atoms with E-state index in [9.17, 15) is 18.8 Å². The first-order valence-electron chi connectivity index (χ1n) is 10.3. The highest BCUT2D eigenvalue weighted by Crippen LogP contribution is 2.31. The molecule has 34 heavy (non-hydrogen) atoms. The second kappa shape index (κ2) is 8.60. The van der Waals surface area contributed by atoms with Gasteiger partial charge in [-0.2, -0.15) is 0 Å². The first kappa shape index (κ1) is 21.6. The number of benzene rings is 3. The Morgan fingerprint density at radius 1 is 1.00 bits per heavy atom. The van der Waals surface area contributed by atoms with Crippen LogP contribution in [0.25, 0.3) is 26.0 Å². The third-order valence-corrected chi connectivity index (χ3v) is 6.57. The number of para-hydroxylation sites is 2. The summed E-state index contributed by atoms with van der Waals surface area (Å²) >= 11 is 1.24. The van der Waals surface area contributed by atoms with Gasteiger partial charge in [-0.25, -0.2) is 13.8 Å². The molecule has 170 valence electrons. The van der Waals surface area contributed by atoms with Crippen LogP contribution in [0, 0.1) is 5.82 Å². The van der Waals surface area contributed by atoms with Crippen molar-refractivity contribution < 1.29 is 13.9 Å². The number of hydrogen-bond acceptors (Lipinski definition) is 5. The number of hydrogen-bond donors (Lipinski definition) is 1. The molecular formula is C25H18FN3O4S. The predicted molar refractivity (Wildman–Crippen MR) is 131 cm³/mol. The lowest BCUT2D eigenvalue weighted by Crippen LogP contribution is -2.40. The fourth-order valence-electron chi connectivity index (χ4n) is 3.90. The van der Waals surface area contributed by atoms with Crippen LogP contribution in [0.3, 0.4) is 0 Å². The quantitative estimate of drug-likeness (QED) is 0.414. The van der Waals surface area contributed by atoms with Crippen molar-refractivity contribution in [3.8, 4) is 11.4 Å². The van der Waals surface area contributed by atoms with Crippen LogP contribution in [0.15, 0.2) is 82.4 Å². The zero-order chi connectivity index (χ0) is 23.8. The largest absolute Gasteiger partial charge is 0.495 e. The van der Waals surface area contributed by atoms with Crippen LogP contribution in [0.4, 0.5) is 10.1 Å². The van der Waals surface area contributed by atoms with E-state index in [1.165, 1.54) is 47.3 Å². The van der Waals surface area contributed by atoms with Crippen molar-refractivity contribution in [1.29, 1.82) is 0 Å². The number of nitrogens with one attached hydrogen (secondary N) is 1. The lowest BCUT2D eigenvalue weighted by Gasteiger charge is -2.14. The van der Waals surface area contributed by atoms with Gasteiger partial charge < -0.3 is 10.1 Å². The van der Waals surface area contributed by atoms with Gasteiger partial charge in [-0.1, -0.05) is 30.3 Å². The smallest absolute Gasteiger partial charge is 0.336 e. The van der Waals surface area contributed by atoms with Gasteiger partial charge in [0.15, 0.2) is 0 Å². The van der Waals surface area contributed by atoms with Crippen molar-refractivity contribution in [1.82, 2.24) is 9.13 Å². The number of anilines is 1. The van der Waals surface area contributed by atoms with Gasteiger partial charge in [-0.3, -0.25) is 14.2 Å². The van der Waals surface area contributed by atoms with Gasteiger partial charge in [0, 0.05) is 10.1 Å². The molecular weight excluding hydrogens is 457 g/mol. The number of carbonyl (C=O) groups excluding carboxylic acids is 1. The summed E-state index contributed by atoms with van der Waals surface area (Å²) in [6.07, 6.45) is 0. The van der Waals surface area contributed by atoms with E-state index in [2.05, 4.69) is 5.32 Å². The monoisotopic (exact) mass is 475 g/mol. The van der Waals surface area contributed by atoms with E-state index in [4.69, 9.17) is 4.74 Å². The Morgan fingerprint density at radius 3 is 2.47 bits per heavy atom. The number of methoxy groups -OCH3 is 1. The second-order valence-corrected chi connectivity index (χ2v) is 8.56. The molecule has 0 saturated carbocycles. The lowest BCUT2D eigenvalue weighted by molar-refractivity contribution is -0.116. The fraction of sp³-hybridized carbons (Fsp3) is 0.0800. The molecule has 0 atom stereocenters. The van der Waals surface area contributed by atoms with E-state index in [0.717, 1.165) is 9.27 Å². The van der Waals surface area contributed by atoms with Gasteiger partial charge in [0.1, 0.15) is 22.8 Å². The van der Waals surface area contributed by atoms with E-state index in [0.29, 0.717) is 27.0 Å². The number of amides is 1. The maximum Gasteiger partial charge on any atom is 0.336 e. The maximum atomic E-state index is 13.6. The Balaban J connectivity index is 1.71. The summed E-state index contributed by atoms with van der Waals surface area (Å²) in [5.41, 5.74) is -0.142. The number of halogens is 1. The number of fused-ring (bicyclic) bond motifs is 3. The molecule has 0 aliphatic carbocycles. The molecule has 0 fully saturated rings. The van der Waals surface area contributed by atoms with Crippen molar-refractivity contribution in [3.05, 3.63) is 99.5 Å². The molecule has 7 nitrogen and oxygen atoms in total. The Morgan fingerprint density at radius 2 is 1.71 bits per heavy atom. The molecule has 3 aromatic carbocycles. The Bertz CT molecular complexity index is 1670. The van der Waals surface area contributed by atoms with Gasteiger partial charge >= 0.3 is 5.69 Å². The van der Waals surface area contributed by atoms with Crippen molar-refractivity contribution >= 4 is 43.2 Å². The van der Waals surface area contributed by atoms with E-state index in [1.807, 2.05) is 24.3 Å². The van der Waals surface area contributed by atoms with Crippen molar-refractivity contribution in [2.75, 3.05) is 12.4 Å². The highest BCUT2D eigenvalue weighted by atomic mass is 32.1. The van der Waals surface area contributed by atoms with Crippen LogP contribution < -0.4 is 21.3 Å². The van der Waals surface area contributed by atoms with Gasteiger partial charge in [0.2, 0.25) is 5.91 Å². The molecule has 0 radical (unpaired) electrons. The average molecular weight is 476 g/mol. The van der Waals surface area contributed by atoms with Crippen LogP contribution in [-0.2, 0) is 11.3 Å². The summed E-state index contributed by atoms with van der Waals surface area (Å²) in [7, 11) is 1.50. The number of aromatic nitrogens is 2. The van der Waals surface area contributed by atoms with E-state index < -0.39 is 23.0 Å². The highest BCUT2D eigenvalue weighted by molar-refractivity contribution is 7.25. The van der Waals surface area contributed by atoms with Gasteiger partial charge in [0.05, 0.1) is 24.0 Å². The fourth-order valence-corrected chi connectivity index (χ4v) is 5.03. The lowest BCUT2D eigenvalue weighted by atomic mass is 10.2. The number of nitrogens with zero attached hydrogens (tertiary/aromatic N) is 2. The highest BCUT2D eigenvalue weighted by Gasteiger charge is 2.21. The number of ether oxygens (including phenoxy) is 1. The standard InChI is InChI=1S/C25H18FN3O4S/c1-33-19-8-4-3-7-18(19)27-21(30)14-28-22-17-6-2-5-9-20(17)34-23(22)24(31)29(25(28)32)16-12-10-15(26)11-13-16/h2-13H,14H2,1H3,(H,27,30). The SMILES string of the molecule is COc1ccccc1NC(=O)Cn1c(=O)n(-c2ccc(F)cc2)c(=O)c2sc3ccccc3c21. The molecule has 0 aliphatic heterocycles. The molecule has 0 unspecified atom stereocenters. The van der Waals surface area contributed by atoms with Crippen molar-refractivity contribution in [2.24, 2.45) is 0 Å². The number of thiophene rings is 1. The summed E-state index contributed by atoms with van der Waals surface area (Å²) in [6, 6.07) is 19.3. The molecule has 0 bridgehead atoms. The van der Waals surface area contributed by atoms with Gasteiger partial charge in [0.25, 0.3) is 5.56 Å². The maximum absolute atomic E-state index is 13.6. The minimum Gasteiger partial charge on any atom is -0.495 e. The first-order chi connectivity index (χ1) is 16.5. The minimum absolute atomic E-state index is 0.217. The molecule has 5 aromatic rings. The summed E-state index contributed by atoms with van der Waals surface area (Å²) in [5.74, 6) is -0.477. The molecule has 0 spiro atoms. The van der Waals surface area contributed by atoms with Crippen LogP contribution in [0.2, 0.25) is 0 Å². The third kappa shape index (κ3) is 3.65. The van der Waals surface area contributed by atoms with Crippen LogP contribution in [0.5, 0.6) is 5.75 Å². The van der Waals surface area contributed by atoms with Gasteiger partial charge in [-0.05, 0) is 42.5 Å². The van der Waals surface area contributed by atoms with E-state index >= 15 is 0 Å². The molecule has 0 saturated heterocycles. The van der Waals surface area contributed by atoms with Gasteiger partial charge in [-0.15, -0.1) is 11.3 Å². The molecule has 0 aliphatic rings. The Hall–Kier alpha value is -4.24. The van der Waals surface area contributed by atoms with Crippen molar-refractivity contribution in [3.63, 3.8) is 0 Å². The number of carbonyl (C=O) groups is 1. The molecule has 5 rings (SSSR count). The molecule has 1 amide bonds.